The molecule has 2 saturated heterocycles. The standard InChI is InChI=1S/C32H37FN4O2/c1-3-31(38)39-30-9-5-8-29(30)32(35-2,26-6-4-7-27(33)18-26)25-14-16-36(17-15-25)20-24-21-37(22-24)28-12-10-23(19-34)11-13-28/h4,6-7,10-13,18,24-25,29-30H,3,5,8-9,14-17,20-22H2,1H3. The molecule has 204 valence electrons. The zero-order chi connectivity index (χ0) is 27.4. The first-order valence-electron chi connectivity index (χ1n) is 14.3. The van der Waals surface area contributed by atoms with Crippen LogP contribution in [0.25, 0.3) is 4.85 Å². The number of nitrogens with zero attached hydrogens (tertiary/aromatic N) is 4. The van der Waals surface area contributed by atoms with Gasteiger partial charge in [-0.05, 0) is 81.6 Å². The highest BCUT2D eigenvalue weighted by atomic mass is 19.1. The first-order valence-corrected chi connectivity index (χ1v) is 14.3. The van der Waals surface area contributed by atoms with Crippen molar-refractivity contribution < 1.29 is 13.9 Å². The quantitative estimate of drug-likeness (QED) is 0.321. The Balaban J connectivity index is 1.26. The van der Waals surface area contributed by atoms with Crippen molar-refractivity contribution in [1.82, 2.24) is 4.90 Å². The summed E-state index contributed by atoms with van der Waals surface area (Å²) in [6, 6.07) is 16.5. The van der Waals surface area contributed by atoms with Crippen LogP contribution in [0.4, 0.5) is 10.1 Å². The lowest BCUT2D eigenvalue weighted by atomic mass is 9.65. The molecular formula is C32H37FN4O2. The van der Waals surface area contributed by atoms with E-state index in [1.54, 1.807) is 13.0 Å². The van der Waals surface area contributed by atoms with Gasteiger partial charge in [-0.3, -0.25) is 4.79 Å². The number of carbonyl (C=O) groups excluding carboxylic acids is 1. The number of piperidine rings is 1. The third-order valence-corrected chi connectivity index (χ3v) is 9.11. The fourth-order valence-corrected chi connectivity index (χ4v) is 7.12. The molecule has 3 fully saturated rings. The van der Waals surface area contributed by atoms with E-state index in [-0.39, 0.29) is 29.7 Å². The lowest BCUT2D eigenvalue weighted by Crippen LogP contribution is -2.54. The predicted molar refractivity (Wildman–Crippen MR) is 148 cm³/mol. The number of hydrogen-bond donors (Lipinski definition) is 0. The molecule has 1 saturated carbocycles. The van der Waals surface area contributed by atoms with Crippen LogP contribution in [0, 0.1) is 41.5 Å². The molecule has 0 bridgehead atoms. The van der Waals surface area contributed by atoms with Gasteiger partial charge in [0.1, 0.15) is 11.9 Å². The molecule has 0 radical (unpaired) electrons. The molecule has 0 aromatic heterocycles. The summed E-state index contributed by atoms with van der Waals surface area (Å²) in [4.78, 5) is 21.4. The summed E-state index contributed by atoms with van der Waals surface area (Å²) in [6.07, 6.45) is 4.25. The van der Waals surface area contributed by atoms with Crippen LogP contribution in [0.2, 0.25) is 0 Å². The lowest BCUT2D eigenvalue weighted by Gasteiger charge is -2.46. The number of rotatable bonds is 8. The van der Waals surface area contributed by atoms with E-state index in [1.807, 2.05) is 30.3 Å². The molecule has 2 aromatic carbocycles. The molecule has 3 aliphatic rings. The molecule has 7 heteroatoms. The van der Waals surface area contributed by atoms with E-state index in [0.717, 1.165) is 76.1 Å². The largest absolute Gasteiger partial charge is 0.462 e. The number of esters is 1. The van der Waals surface area contributed by atoms with Crippen LogP contribution in [0.3, 0.4) is 0 Å². The second kappa shape index (κ2) is 11.8. The van der Waals surface area contributed by atoms with Crippen molar-refractivity contribution in [1.29, 1.82) is 5.26 Å². The third kappa shape index (κ3) is 5.52. The molecule has 39 heavy (non-hydrogen) atoms. The SMILES string of the molecule is [C-]#[N+]C(c1cccc(F)c1)(C1CCN(CC2CN(c3ccc(C#N)cc3)C2)CC1)C1CCCC1OC(=O)CC. The second-order valence-corrected chi connectivity index (χ2v) is 11.4. The Labute approximate surface area is 231 Å². The van der Waals surface area contributed by atoms with Crippen LogP contribution >= 0.6 is 0 Å². The highest BCUT2D eigenvalue weighted by Crippen LogP contribution is 2.52. The molecule has 3 unspecified atom stereocenters. The number of carbonyl (C=O) groups is 1. The van der Waals surface area contributed by atoms with Gasteiger partial charge in [0.2, 0.25) is 0 Å². The summed E-state index contributed by atoms with van der Waals surface area (Å²) < 4.78 is 20.4. The maximum atomic E-state index is 14.5. The maximum Gasteiger partial charge on any atom is 0.305 e. The summed E-state index contributed by atoms with van der Waals surface area (Å²) in [5, 5.41) is 9.02. The van der Waals surface area contributed by atoms with Crippen LogP contribution < -0.4 is 4.90 Å². The number of likely N-dealkylation sites (tertiary alicyclic amines) is 1. The molecule has 5 rings (SSSR count). The second-order valence-electron chi connectivity index (χ2n) is 11.4. The predicted octanol–water partition coefficient (Wildman–Crippen LogP) is 5.78. The molecule has 6 nitrogen and oxygen atoms in total. The summed E-state index contributed by atoms with van der Waals surface area (Å²) in [7, 11) is 0. The van der Waals surface area contributed by atoms with Crippen molar-refractivity contribution in [3.05, 3.63) is 76.9 Å². The Morgan fingerprint density at radius 3 is 2.54 bits per heavy atom. The van der Waals surface area contributed by atoms with E-state index in [0.29, 0.717) is 17.9 Å². The Morgan fingerprint density at radius 2 is 1.90 bits per heavy atom. The number of benzene rings is 2. The normalized spacial score (nSPS) is 23.8. The van der Waals surface area contributed by atoms with E-state index in [2.05, 4.69) is 20.7 Å². The average Bonchev–Trinajstić information content (AvgIpc) is 3.40. The van der Waals surface area contributed by atoms with Gasteiger partial charge in [-0.15, -0.1) is 0 Å². The highest BCUT2D eigenvalue weighted by Gasteiger charge is 2.58. The van der Waals surface area contributed by atoms with Crippen LogP contribution in [0.5, 0.6) is 0 Å². The Kier molecular flexibility index (Phi) is 8.19. The molecule has 0 N–H and O–H groups in total. The summed E-state index contributed by atoms with van der Waals surface area (Å²) in [5.41, 5.74) is 1.68. The fraction of sp³-hybridized carbons (Fsp3) is 0.531. The van der Waals surface area contributed by atoms with Gasteiger partial charge >= 0.3 is 5.97 Å². The Bertz CT molecular complexity index is 1240. The minimum Gasteiger partial charge on any atom is -0.462 e. The Hall–Kier alpha value is -3.42. The van der Waals surface area contributed by atoms with E-state index >= 15 is 0 Å². The van der Waals surface area contributed by atoms with Crippen molar-refractivity contribution in [3.8, 4) is 6.07 Å². The topological polar surface area (TPSA) is 60.9 Å². The first kappa shape index (κ1) is 27.2. The minimum atomic E-state index is -0.897. The van der Waals surface area contributed by atoms with Gasteiger partial charge in [-0.25, -0.2) is 11.0 Å². The van der Waals surface area contributed by atoms with Crippen molar-refractivity contribution >= 4 is 11.7 Å². The van der Waals surface area contributed by atoms with Crippen LogP contribution in [0.1, 0.15) is 56.6 Å². The molecule has 2 aliphatic heterocycles. The lowest BCUT2D eigenvalue weighted by molar-refractivity contribution is -0.152. The molecule has 0 amide bonds. The van der Waals surface area contributed by atoms with Gasteiger partial charge in [0.25, 0.3) is 5.54 Å². The monoisotopic (exact) mass is 528 g/mol. The summed E-state index contributed by atoms with van der Waals surface area (Å²) in [5.74, 6) is -0.00377. The van der Waals surface area contributed by atoms with Gasteiger partial charge in [-0.2, -0.15) is 5.26 Å². The van der Waals surface area contributed by atoms with Crippen molar-refractivity contribution in [2.45, 2.75) is 57.1 Å². The molecule has 3 atom stereocenters. The van der Waals surface area contributed by atoms with Gasteiger partial charge in [0, 0.05) is 49.1 Å². The summed E-state index contributed by atoms with van der Waals surface area (Å²) >= 11 is 0. The average molecular weight is 529 g/mol. The number of nitriles is 1. The van der Waals surface area contributed by atoms with Crippen molar-refractivity contribution in [2.75, 3.05) is 37.6 Å². The van der Waals surface area contributed by atoms with Crippen LogP contribution in [-0.2, 0) is 15.1 Å². The molecule has 2 heterocycles. The summed E-state index contributed by atoms with van der Waals surface area (Å²) in [6.45, 7) is 15.2. The van der Waals surface area contributed by atoms with Crippen LogP contribution in [0.15, 0.2) is 48.5 Å². The minimum absolute atomic E-state index is 0.0792. The Morgan fingerprint density at radius 1 is 1.15 bits per heavy atom. The maximum absolute atomic E-state index is 14.5. The fourth-order valence-electron chi connectivity index (χ4n) is 7.12. The molecule has 2 aromatic rings. The molecule has 1 aliphatic carbocycles. The number of anilines is 1. The van der Waals surface area contributed by atoms with Gasteiger partial charge in [-0.1, -0.05) is 19.1 Å². The van der Waals surface area contributed by atoms with Gasteiger partial charge in [0.15, 0.2) is 0 Å². The van der Waals surface area contributed by atoms with E-state index < -0.39 is 5.54 Å². The van der Waals surface area contributed by atoms with Crippen molar-refractivity contribution in [3.63, 3.8) is 0 Å². The van der Waals surface area contributed by atoms with E-state index in [1.165, 1.54) is 12.1 Å². The zero-order valence-electron chi connectivity index (χ0n) is 22.7. The molecular weight excluding hydrogens is 491 g/mol. The van der Waals surface area contributed by atoms with E-state index in [9.17, 15) is 9.18 Å². The first-order chi connectivity index (χ1) is 19.0. The highest BCUT2D eigenvalue weighted by molar-refractivity contribution is 5.69. The van der Waals surface area contributed by atoms with E-state index in [4.69, 9.17) is 16.6 Å². The third-order valence-electron chi connectivity index (χ3n) is 9.11. The van der Waals surface area contributed by atoms with Crippen molar-refractivity contribution in [2.24, 2.45) is 17.8 Å². The molecule has 0 spiro atoms. The van der Waals surface area contributed by atoms with Gasteiger partial charge in [0.05, 0.1) is 17.6 Å². The van der Waals surface area contributed by atoms with Crippen LogP contribution in [-0.4, -0.2) is 49.7 Å². The zero-order valence-corrected chi connectivity index (χ0v) is 22.7. The van der Waals surface area contributed by atoms with Gasteiger partial charge < -0.3 is 19.4 Å². The number of halogens is 1. The number of hydrogen-bond acceptors (Lipinski definition) is 5. The smallest absolute Gasteiger partial charge is 0.305 e. The number of ether oxygens (including phenoxy) is 1.